The normalized spacial score (nSPS) is 32.8. The Kier molecular flexibility index (Phi) is 3.85. The fraction of sp³-hybridized carbons (Fsp3) is 1.00. The monoisotopic (exact) mass is 227 g/mol. The first kappa shape index (κ1) is 12.3. The third-order valence-corrected chi connectivity index (χ3v) is 3.57. The van der Waals surface area contributed by atoms with Gasteiger partial charge in [0.2, 0.25) is 0 Å². The molecule has 4 heteroatoms. The van der Waals surface area contributed by atoms with E-state index in [2.05, 4.69) is 36.2 Å². The van der Waals surface area contributed by atoms with Crippen molar-refractivity contribution in [2.75, 3.05) is 39.8 Å². The van der Waals surface area contributed by atoms with E-state index >= 15 is 0 Å². The van der Waals surface area contributed by atoms with Crippen molar-refractivity contribution >= 4 is 0 Å². The summed E-state index contributed by atoms with van der Waals surface area (Å²) in [5.74, 6) is 0. The lowest BCUT2D eigenvalue weighted by Crippen LogP contribution is -2.56. The van der Waals surface area contributed by atoms with Gasteiger partial charge in [-0.15, -0.1) is 0 Å². The van der Waals surface area contributed by atoms with E-state index in [0.717, 1.165) is 32.5 Å². The van der Waals surface area contributed by atoms with E-state index < -0.39 is 0 Å². The molecule has 4 nitrogen and oxygen atoms in total. The summed E-state index contributed by atoms with van der Waals surface area (Å²) in [6.07, 6.45) is 2.25. The van der Waals surface area contributed by atoms with Gasteiger partial charge in [0.1, 0.15) is 0 Å². The number of ether oxygens (including phenoxy) is 1. The minimum Gasteiger partial charge on any atom is -0.375 e. The Labute approximate surface area is 98.9 Å². The molecule has 16 heavy (non-hydrogen) atoms. The van der Waals surface area contributed by atoms with Gasteiger partial charge in [0, 0.05) is 38.8 Å². The molecule has 1 atom stereocenters. The zero-order chi connectivity index (χ0) is 11.6. The topological polar surface area (TPSA) is 27.7 Å². The molecule has 1 N–H and O–H groups in total. The largest absolute Gasteiger partial charge is 0.375 e. The molecule has 94 valence electrons. The molecule has 0 bridgehead atoms. The SMILES string of the molecule is CN1CCN(NC2CCOC(C)(C)C2)CC1. The third-order valence-electron chi connectivity index (χ3n) is 3.57. The van der Waals surface area contributed by atoms with E-state index in [1.807, 2.05) is 0 Å². The highest BCUT2D eigenvalue weighted by Gasteiger charge is 2.30. The highest BCUT2D eigenvalue weighted by molar-refractivity contribution is 4.83. The number of likely N-dealkylation sites (N-methyl/N-ethyl adjacent to an activating group) is 1. The lowest BCUT2D eigenvalue weighted by Gasteiger charge is -2.40. The molecule has 2 rings (SSSR count). The van der Waals surface area contributed by atoms with Crippen molar-refractivity contribution in [2.24, 2.45) is 0 Å². The standard InChI is InChI=1S/C12H25N3O/c1-12(2)10-11(4-9-16-12)13-15-7-5-14(3)6-8-15/h11,13H,4-10H2,1-3H3. The van der Waals surface area contributed by atoms with E-state index in [1.165, 1.54) is 13.1 Å². The summed E-state index contributed by atoms with van der Waals surface area (Å²) in [6.45, 7) is 9.86. The smallest absolute Gasteiger partial charge is 0.0641 e. The predicted molar refractivity (Wildman–Crippen MR) is 65.3 cm³/mol. The number of piperazine rings is 1. The van der Waals surface area contributed by atoms with Crippen LogP contribution in [0.3, 0.4) is 0 Å². The van der Waals surface area contributed by atoms with Crippen molar-refractivity contribution in [1.29, 1.82) is 0 Å². The maximum absolute atomic E-state index is 5.74. The first-order valence-corrected chi connectivity index (χ1v) is 6.39. The van der Waals surface area contributed by atoms with Gasteiger partial charge in [0.15, 0.2) is 0 Å². The molecule has 0 aromatic rings. The van der Waals surface area contributed by atoms with Crippen molar-refractivity contribution in [1.82, 2.24) is 15.3 Å². The lowest BCUT2D eigenvalue weighted by molar-refractivity contribution is -0.0753. The number of nitrogens with zero attached hydrogens (tertiary/aromatic N) is 2. The Hall–Kier alpha value is -0.160. The minimum atomic E-state index is 0.0441. The average Bonchev–Trinajstić information content (AvgIpc) is 2.20. The highest BCUT2D eigenvalue weighted by Crippen LogP contribution is 2.24. The maximum atomic E-state index is 5.74. The van der Waals surface area contributed by atoms with Gasteiger partial charge < -0.3 is 9.64 Å². The summed E-state index contributed by atoms with van der Waals surface area (Å²) in [5, 5.41) is 2.38. The Balaban J connectivity index is 1.76. The molecule has 0 radical (unpaired) electrons. The van der Waals surface area contributed by atoms with Gasteiger partial charge in [-0.3, -0.25) is 5.43 Å². The fourth-order valence-electron chi connectivity index (χ4n) is 2.54. The summed E-state index contributed by atoms with van der Waals surface area (Å²) in [7, 11) is 2.19. The van der Waals surface area contributed by atoms with Crippen LogP contribution < -0.4 is 5.43 Å². The zero-order valence-electron chi connectivity index (χ0n) is 10.8. The minimum absolute atomic E-state index is 0.0441. The van der Waals surface area contributed by atoms with Gasteiger partial charge in [-0.25, -0.2) is 5.01 Å². The van der Waals surface area contributed by atoms with Crippen LogP contribution in [0.15, 0.2) is 0 Å². The molecule has 0 saturated carbocycles. The summed E-state index contributed by atoms with van der Waals surface area (Å²) < 4.78 is 5.74. The van der Waals surface area contributed by atoms with Crippen LogP contribution in [0.2, 0.25) is 0 Å². The second-order valence-corrected chi connectivity index (χ2v) is 5.72. The Morgan fingerprint density at radius 3 is 2.50 bits per heavy atom. The molecular weight excluding hydrogens is 202 g/mol. The van der Waals surface area contributed by atoms with E-state index in [4.69, 9.17) is 4.74 Å². The molecule has 0 spiro atoms. The number of hydrazine groups is 1. The number of hydrogen-bond donors (Lipinski definition) is 1. The molecule has 2 fully saturated rings. The van der Waals surface area contributed by atoms with E-state index in [9.17, 15) is 0 Å². The average molecular weight is 227 g/mol. The molecule has 2 heterocycles. The van der Waals surface area contributed by atoms with Gasteiger partial charge in [-0.05, 0) is 33.7 Å². The molecule has 2 saturated heterocycles. The number of hydrogen-bond acceptors (Lipinski definition) is 4. The van der Waals surface area contributed by atoms with Crippen LogP contribution in [0, 0.1) is 0 Å². The van der Waals surface area contributed by atoms with Gasteiger partial charge in [-0.1, -0.05) is 0 Å². The van der Waals surface area contributed by atoms with Crippen LogP contribution in [-0.4, -0.2) is 61.4 Å². The Morgan fingerprint density at radius 2 is 1.88 bits per heavy atom. The molecular formula is C12H25N3O. The molecule has 1 unspecified atom stereocenters. The van der Waals surface area contributed by atoms with Crippen molar-refractivity contribution < 1.29 is 4.74 Å². The van der Waals surface area contributed by atoms with Gasteiger partial charge in [-0.2, -0.15) is 0 Å². The van der Waals surface area contributed by atoms with Crippen molar-refractivity contribution in [3.8, 4) is 0 Å². The van der Waals surface area contributed by atoms with E-state index in [1.54, 1.807) is 0 Å². The second kappa shape index (κ2) is 5.00. The molecule has 2 aliphatic heterocycles. The van der Waals surface area contributed by atoms with Crippen LogP contribution in [0.5, 0.6) is 0 Å². The first-order valence-electron chi connectivity index (χ1n) is 6.39. The van der Waals surface area contributed by atoms with Crippen LogP contribution in [0.1, 0.15) is 26.7 Å². The van der Waals surface area contributed by atoms with Crippen molar-refractivity contribution in [2.45, 2.75) is 38.3 Å². The van der Waals surface area contributed by atoms with E-state index in [-0.39, 0.29) is 5.60 Å². The number of rotatable bonds is 2. The van der Waals surface area contributed by atoms with Crippen molar-refractivity contribution in [3.63, 3.8) is 0 Å². The molecule has 0 aromatic carbocycles. The molecule has 0 amide bonds. The first-order chi connectivity index (χ1) is 7.55. The summed E-state index contributed by atoms with van der Waals surface area (Å²) in [6, 6.07) is 0.590. The summed E-state index contributed by atoms with van der Waals surface area (Å²) in [5.41, 5.74) is 3.70. The summed E-state index contributed by atoms with van der Waals surface area (Å²) in [4.78, 5) is 2.38. The summed E-state index contributed by atoms with van der Waals surface area (Å²) >= 11 is 0. The molecule has 2 aliphatic rings. The maximum Gasteiger partial charge on any atom is 0.0641 e. The lowest BCUT2D eigenvalue weighted by atomic mass is 9.94. The zero-order valence-corrected chi connectivity index (χ0v) is 10.8. The third kappa shape index (κ3) is 3.42. The molecule has 0 aromatic heterocycles. The predicted octanol–water partition coefficient (Wildman–Crippen LogP) is 0.696. The van der Waals surface area contributed by atoms with Gasteiger partial charge in [0.05, 0.1) is 5.60 Å². The molecule has 0 aliphatic carbocycles. The fourth-order valence-corrected chi connectivity index (χ4v) is 2.54. The van der Waals surface area contributed by atoms with Crippen LogP contribution in [-0.2, 0) is 4.74 Å². The van der Waals surface area contributed by atoms with Crippen molar-refractivity contribution in [3.05, 3.63) is 0 Å². The van der Waals surface area contributed by atoms with Gasteiger partial charge >= 0.3 is 0 Å². The second-order valence-electron chi connectivity index (χ2n) is 5.72. The quantitative estimate of drug-likeness (QED) is 0.751. The van der Waals surface area contributed by atoms with Crippen LogP contribution in [0.25, 0.3) is 0 Å². The Morgan fingerprint density at radius 1 is 1.19 bits per heavy atom. The Bertz CT molecular complexity index is 224. The van der Waals surface area contributed by atoms with Crippen LogP contribution in [0.4, 0.5) is 0 Å². The number of nitrogens with one attached hydrogen (secondary N) is 1. The van der Waals surface area contributed by atoms with Gasteiger partial charge in [0.25, 0.3) is 0 Å². The van der Waals surface area contributed by atoms with Crippen LogP contribution >= 0.6 is 0 Å². The van der Waals surface area contributed by atoms with E-state index in [0.29, 0.717) is 6.04 Å². The highest BCUT2D eigenvalue weighted by atomic mass is 16.5.